The van der Waals surface area contributed by atoms with Crippen LogP contribution in [0.1, 0.15) is 58.8 Å². The first-order chi connectivity index (χ1) is 9.26. The van der Waals surface area contributed by atoms with Gasteiger partial charge in [0.1, 0.15) is 0 Å². The Morgan fingerprint density at radius 3 is 2.37 bits per heavy atom. The maximum absolute atomic E-state index is 12.0. The van der Waals surface area contributed by atoms with Gasteiger partial charge in [0.05, 0.1) is 13.2 Å². The van der Waals surface area contributed by atoms with Crippen LogP contribution in [-0.2, 0) is 9.53 Å². The number of rotatable bonds is 13. The van der Waals surface area contributed by atoms with Crippen LogP contribution < -0.4 is 0 Å². The Morgan fingerprint density at radius 2 is 1.74 bits per heavy atom. The van der Waals surface area contributed by atoms with E-state index < -0.39 is 0 Å². The highest BCUT2D eigenvalue weighted by Crippen LogP contribution is 2.08. The summed E-state index contributed by atoms with van der Waals surface area (Å²) < 4.78 is 5.39. The molecule has 3 nitrogen and oxygen atoms in total. The first-order valence-electron chi connectivity index (χ1n) is 7.67. The summed E-state index contributed by atoms with van der Waals surface area (Å²) in [7, 11) is 0. The summed E-state index contributed by atoms with van der Waals surface area (Å²) in [5.41, 5.74) is 0. The van der Waals surface area contributed by atoms with Crippen molar-refractivity contribution in [1.82, 2.24) is 4.90 Å². The number of halogens is 1. The van der Waals surface area contributed by atoms with Crippen LogP contribution in [0.2, 0.25) is 0 Å². The van der Waals surface area contributed by atoms with E-state index in [9.17, 15) is 4.79 Å². The zero-order valence-corrected chi connectivity index (χ0v) is 14.2. The van der Waals surface area contributed by atoms with Crippen LogP contribution in [0.15, 0.2) is 0 Å². The van der Waals surface area contributed by atoms with Gasteiger partial charge in [-0.3, -0.25) is 4.79 Å². The summed E-state index contributed by atoms with van der Waals surface area (Å²) >= 11 is 3.32. The van der Waals surface area contributed by atoms with Crippen molar-refractivity contribution in [2.45, 2.75) is 58.8 Å². The quantitative estimate of drug-likeness (QED) is 0.376. The van der Waals surface area contributed by atoms with E-state index in [1.807, 2.05) is 11.8 Å². The minimum absolute atomic E-state index is 0.278. The van der Waals surface area contributed by atoms with Crippen LogP contribution in [0.4, 0.5) is 0 Å². The molecule has 0 aromatic heterocycles. The fourth-order valence-corrected chi connectivity index (χ4v) is 2.23. The van der Waals surface area contributed by atoms with E-state index in [1.165, 1.54) is 32.1 Å². The molecular formula is C15H30BrNO2. The summed E-state index contributed by atoms with van der Waals surface area (Å²) in [6.45, 7) is 7.11. The SMILES string of the molecule is CCCCCCCCC(=O)N(CC)CCOCCBr. The zero-order valence-electron chi connectivity index (χ0n) is 12.6. The third kappa shape index (κ3) is 11.4. The highest BCUT2D eigenvalue weighted by molar-refractivity contribution is 9.09. The van der Waals surface area contributed by atoms with Gasteiger partial charge in [-0.2, -0.15) is 0 Å². The topological polar surface area (TPSA) is 29.5 Å². The lowest BCUT2D eigenvalue weighted by atomic mass is 10.1. The predicted octanol–water partition coefficient (Wildman–Crippen LogP) is 4.00. The van der Waals surface area contributed by atoms with Crippen molar-refractivity contribution in [3.63, 3.8) is 0 Å². The number of hydrogen-bond acceptors (Lipinski definition) is 2. The first kappa shape index (κ1) is 18.9. The van der Waals surface area contributed by atoms with E-state index in [0.717, 1.165) is 24.8 Å². The lowest BCUT2D eigenvalue weighted by molar-refractivity contribution is -0.131. The molecule has 0 saturated heterocycles. The molecule has 0 rings (SSSR count). The van der Waals surface area contributed by atoms with E-state index in [-0.39, 0.29) is 5.91 Å². The van der Waals surface area contributed by atoms with Gasteiger partial charge in [0.25, 0.3) is 0 Å². The Morgan fingerprint density at radius 1 is 1.05 bits per heavy atom. The number of nitrogens with zero attached hydrogens (tertiary/aromatic N) is 1. The largest absolute Gasteiger partial charge is 0.379 e. The Labute approximate surface area is 127 Å². The maximum atomic E-state index is 12.0. The minimum Gasteiger partial charge on any atom is -0.379 e. The summed E-state index contributed by atoms with van der Waals surface area (Å²) in [4.78, 5) is 13.9. The van der Waals surface area contributed by atoms with Crippen molar-refractivity contribution in [1.29, 1.82) is 0 Å². The molecule has 0 fully saturated rings. The van der Waals surface area contributed by atoms with E-state index >= 15 is 0 Å². The van der Waals surface area contributed by atoms with Crippen LogP contribution in [0, 0.1) is 0 Å². The molecule has 0 spiro atoms. The van der Waals surface area contributed by atoms with Gasteiger partial charge in [-0.05, 0) is 13.3 Å². The fourth-order valence-electron chi connectivity index (χ4n) is 2.01. The molecule has 0 aliphatic rings. The van der Waals surface area contributed by atoms with E-state index in [0.29, 0.717) is 19.6 Å². The van der Waals surface area contributed by atoms with Gasteiger partial charge in [0.15, 0.2) is 0 Å². The number of unbranched alkanes of at least 4 members (excludes halogenated alkanes) is 5. The second kappa shape index (κ2) is 14.3. The van der Waals surface area contributed by atoms with E-state index in [4.69, 9.17) is 4.74 Å². The lowest BCUT2D eigenvalue weighted by Crippen LogP contribution is -2.33. The van der Waals surface area contributed by atoms with Crippen LogP contribution >= 0.6 is 15.9 Å². The standard InChI is InChI=1S/C15H30BrNO2/c1-3-5-6-7-8-9-10-15(18)17(4-2)12-14-19-13-11-16/h3-14H2,1-2H3. The number of likely N-dealkylation sites (N-methyl/N-ethyl adjacent to an activating group) is 1. The maximum Gasteiger partial charge on any atom is 0.222 e. The number of alkyl halides is 1. The highest BCUT2D eigenvalue weighted by atomic mass is 79.9. The van der Waals surface area contributed by atoms with E-state index in [1.54, 1.807) is 0 Å². The second-order valence-corrected chi connectivity index (χ2v) is 5.59. The predicted molar refractivity (Wildman–Crippen MR) is 84.9 cm³/mol. The molecule has 0 N–H and O–H groups in total. The smallest absolute Gasteiger partial charge is 0.222 e. The fraction of sp³-hybridized carbons (Fsp3) is 0.933. The molecule has 0 aromatic carbocycles. The number of amides is 1. The van der Waals surface area contributed by atoms with Gasteiger partial charge < -0.3 is 9.64 Å². The Kier molecular flexibility index (Phi) is 14.3. The van der Waals surface area contributed by atoms with Crippen molar-refractivity contribution < 1.29 is 9.53 Å². The molecule has 0 bridgehead atoms. The van der Waals surface area contributed by atoms with Gasteiger partial charge >= 0.3 is 0 Å². The number of carbonyl (C=O) groups excluding carboxylic acids is 1. The Balaban J connectivity index is 3.58. The van der Waals surface area contributed by atoms with Crippen molar-refractivity contribution in [3.8, 4) is 0 Å². The molecule has 1 amide bonds. The van der Waals surface area contributed by atoms with Crippen molar-refractivity contribution in [2.75, 3.05) is 31.6 Å². The third-order valence-electron chi connectivity index (χ3n) is 3.21. The average Bonchev–Trinajstić information content (AvgIpc) is 2.42. The van der Waals surface area contributed by atoms with Gasteiger partial charge in [0, 0.05) is 24.8 Å². The van der Waals surface area contributed by atoms with Gasteiger partial charge in [-0.1, -0.05) is 55.0 Å². The summed E-state index contributed by atoms with van der Waals surface area (Å²) in [6.07, 6.45) is 8.07. The molecule has 0 radical (unpaired) electrons. The molecule has 19 heavy (non-hydrogen) atoms. The average molecular weight is 336 g/mol. The Hall–Kier alpha value is -0.0900. The zero-order chi connectivity index (χ0) is 14.3. The minimum atomic E-state index is 0.278. The molecule has 114 valence electrons. The molecule has 0 aromatic rings. The molecule has 0 aliphatic carbocycles. The van der Waals surface area contributed by atoms with Crippen molar-refractivity contribution >= 4 is 21.8 Å². The molecule has 0 atom stereocenters. The van der Waals surface area contributed by atoms with Crippen molar-refractivity contribution in [2.24, 2.45) is 0 Å². The number of hydrogen-bond donors (Lipinski definition) is 0. The second-order valence-electron chi connectivity index (χ2n) is 4.79. The molecular weight excluding hydrogens is 306 g/mol. The molecule has 0 aliphatic heterocycles. The lowest BCUT2D eigenvalue weighted by Gasteiger charge is -2.20. The summed E-state index contributed by atoms with van der Waals surface area (Å²) in [5.74, 6) is 0.278. The van der Waals surface area contributed by atoms with Gasteiger partial charge in [-0.25, -0.2) is 0 Å². The first-order valence-corrected chi connectivity index (χ1v) is 8.79. The van der Waals surface area contributed by atoms with Crippen LogP contribution in [0.25, 0.3) is 0 Å². The highest BCUT2D eigenvalue weighted by Gasteiger charge is 2.10. The summed E-state index contributed by atoms with van der Waals surface area (Å²) in [5, 5.41) is 0.852. The monoisotopic (exact) mass is 335 g/mol. The molecule has 4 heteroatoms. The Bertz CT molecular complexity index is 212. The number of carbonyl (C=O) groups is 1. The van der Waals surface area contributed by atoms with Gasteiger partial charge in [-0.15, -0.1) is 0 Å². The van der Waals surface area contributed by atoms with Crippen LogP contribution in [0.5, 0.6) is 0 Å². The van der Waals surface area contributed by atoms with Crippen LogP contribution in [-0.4, -0.2) is 42.4 Å². The van der Waals surface area contributed by atoms with Crippen molar-refractivity contribution in [3.05, 3.63) is 0 Å². The molecule has 0 unspecified atom stereocenters. The van der Waals surface area contributed by atoms with Gasteiger partial charge in [0.2, 0.25) is 5.91 Å². The summed E-state index contributed by atoms with van der Waals surface area (Å²) in [6, 6.07) is 0. The third-order valence-corrected chi connectivity index (χ3v) is 3.53. The molecule has 0 saturated carbocycles. The molecule has 0 heterocycles. The normalized spacial score (nSPS) is 10.7. The van der Waals surface area contributed by atoms with Crippen LogP contribution in [0.3, 0.4) is 0 Å². The number of ether oxygens (including phenoxy) is 1. The van der Waals surface area contributed by atoms with E-state index in [2.05, 4.69) is 22.9 Å².